The number of aliphatic hydroxyl groups is 2. The summed E-state index contributed by atoms with van der Waals surface area (Å²) in [6, 6.07) is 1.97. The van der Waals surface area contributed by atoms with Gasteiger partial charge in [0.1, 0.15) is 11.3 Å². The summed E-state index contributed by atoms with van der Waals surface area (Å²) in [5.74, 6) is -0.746. The van der Waals surface area contributed by atoms with Crippen LogP contribution < -0.4 is 0 Å². The molecule has 1 amide bonds. The number of aryl methyl sites for hydroxylation is 1. The Balaban J connectivity index is 1.86. The lowest BCUT2D eigenvalue weighted by Gasteiger charge is -2.33. The van der Waals surface area contributed by atoms with Crippen LogP contribution in [0, 0.1) is 6.92 Å². The fourth-order valence-corrected chi connectivity index (χ4v) is 5.37. The zero-order chi connectivity index (χ0) is 29.1. The van der Waals surface area contributed by atoms with Gasteiger partial charge in [-0.3, -0.25) is 4.79 Å². The first-order chi connectivity index (χ1) is 17.9. The van der Waals surface area contributed by atoms with Crippen LogP contribution in [-0.2, 0) is 11.2 Å². The molecule has 0 radical (unpaired) electrons. The summed E-state index contributed by atoms with van der Waals surface area (Å²) < 4.78 is 86.1. The minimum absolute atomic E-state index is 0.0637. The minimum Gasteiger partial charge on any atom is -0.415 e. The number of hydrogen-bond acceptors (Lipinski definition) is 8. The van der Waals surface area contributed by atoms with Gasteiger partial charge < -0.3 is 19.5 Å². The Morgan fingerprint density at radius 1 is 1.10 bits per heavy atom. The molecule has 1 fully saturated rings. The van der Waals surface area contributed by atoms with Crippen molar-refractivity contribution in [3.63, 3.8) is 0 Å². The molecule has 212 valence electrons. The molecule has 2 N–H and O–H groups in total. The van der Waals surface area contributed by atoms with Crippen molar-refractivity contribution in [1.29, 1.82) is 0 Å². The third-order valence-corrected chi connectivity index (χ3v) is 7.56. The Morgan fingerprint density at radius 3 is 2.23 bits per heavy atom. The molecule has 15 heteroatoms. The molecule has 8 nitrogen and oxygen atoms in total. The fourth-order valence-electron chi connectivity index (χ4n) is 4.30. The van der Waals surface area contributed by atoms with Gasteiger partial charge in [0.05, 0.1) is 4.88 Å². The number of carbonyl (C=O) groups is 1. The Bertz CT molecular complexity index is 1380. The number of alkyl halides is 6. The first-order valence-electron chi connectivity index (χ1n) is 11.7. The number of hydrogen-bond donors (Lipinski definition) is 2. The maximum atomic E-state index is 13.5. The lowest BCUT2D eigenvalue weighted by molar-refractivity contribution is -0.376. The van der Waals surface area contributed by atoms with Gasteiger partial charge in [-0.2, -0.15) is 26.3 Å². The SMILES string of the molecule is Cc1cc(C(O)(C(F)(F)F)C(F)(F)F)ccc1-c1sc(-c2nnc(C(C)(C)O)o2)nc1C(=O)N1CCCC1C. The summed E-state index contributed by atoms with van der Waals surface area (Å²) in [4.78, 5) is 19.6. The van der Waals surface area contributed by atoms with Gasteiger partial charge >= 0.3 is 12.4 Å². The number of amides is 1. The van der Waals surface area contributed by atoms with Crippen LogP contribution in [0.2, 0.25) is 0 Å². The van der Waals surface area contributed by atoms with E-state index in [4.69, 9.17) is 4.42 Å². The monoisotopic (exact) mass is 578 g/mol. The average molecular weight is 579 g/mol. The van der Waals surface area contributed by atoms with Gasteiger partial charge in [-0.15, -0.1) is 21.5 Å². The van der Waals surface area contributed by atoms with Gasteiger partial charge in [0.15, 0.2) is 5.01 Å². The lowest BCUT2D eigenvalue weighted by atomic mass is 9.89. The molecular formula is C24H24F6N4O4S. The summed E-state index contributed by atoms with van der Waals surface area (Å²) in [6.45, 7) is 6.38. The lowest BCUT2D eigenvalue weighted by Crippen LogP contribution is -2.53. The first-order valence-corrected chi connectivity index (χ1v) is 12.5. The van der Waals surface area contributed by atoms with Crippen molar-refractivity contribution in [1.82, 2.24) is 20.1 Å². The van der Waals surface area contributed by atoms with E-state index >= 15 is 0 Å². The highest BCUT2D eigenvalue weighted by Gasteiger charge is 2.71. The number of carbonyl (C=O) groups excluding carboxylic acids is 1. The van der Waals surface area contributed by atoms with Gasteiger partial charge in [0, 0.05) is 18.2 Å². The fraction of sp³-hybridized carbons (Fsp3) is 0.500. The van der Waals surface area contributed by atoms with Gasteiger partial charge in [0.2, 0.25) is 5.89 Å². The quantitative estimate of drug-likeness (QED) is 0.394. The van der Waals surface area contributed by atoms with E-state index in [1.165, 1.54) is 20.8 Å². The summed E-state index contributed by atoms with van der Waals surface area (Å²) in [5, 5.41) is 27.6. The van der Waals surface area contributed by atoms with Gasteiger partial charge in [-0.05, 0) is 51.7 Å². The molecule has 1 unspecified atom stereocenters. The number of thiazole rings is 1. The number of halogens is 6. The number of benzene rings is 1. The molecule has 1 atom stereocenters. The normalized spacial score (nSPS) is 17.2. The molecule has 39 heavy (non-hydrogen) atoms. The van der Waals surface area contributed by atoms with Crippen LogP contribution in [0.15, 0.2) is 22.6 Å². The molecule has 3 aromatic rings. The second-order valence-electron chi connectivity index (χ2n) is 9.89. The van der Waals surface area contributed by atoms with Crippen molar-refractivity contribution in [2.45, 2.75) is 70.1 Å². The van der Waals surface area contributed by atoms with Crippen LogP contribution >= 0.6 is 11.3 Å². The smallest absolute Gasteiger partial charge is 0.415 e. The highest BCUT2D eigenvalue weighted by Crippen LogP contribution is 2.51. The maximum Gasteiger partial charge on any atom is 0.430 e. The van der Waals surface area contributed by atoms with Crippen molar-refractivity contribution >= 4 is 17.2 Å². The summed E-state index contributed by atoms with van der Waals surface area (Å²) in [6.07, 6.45) is -10.6. The van der Waals surface area contributed by atoms with Gasteiger partial charge in [-0.25, -0.2) is 4.98 Å². The van der Waals surface area contributed by atoms with Crippen molar-refractivity contribution in [2.75, 3.05) is 6.54 Å². The molecule has 0 saturated carbocycles. The number of rotatable bonds is 5. The molecule has 1 aliphatic heterocycles. The zero-order valence-corrected chi connectivity index (χ0v) is 21.9. The van der Waals surface area contributed by atoms with Crippen LogP contribution in [-0.4, -0.2) is 61.1 Å². The number of aromatic nitrogens is 3. The van der Waals surface area contributed by atoms with E-state index in [2.05, 4.69) is 15.2 Å². The predicted octanol–water partition coefficient (Wildman–Crippen LogP) is 5.33. The van der Waals surface area contributed by atoms with Crippen LogP contribution in [0.3, 0.4) is 0 Å². The molecule has 3 heterocycles. The van der Waals surface area contributed by atoms with E-state index in [1.807, 2.05) is 6.92 Å². The second kappa shape index (κ2) is 9.55. The third-order valence-electron chi connectivity index (χ3n) is 6.48. The molecule has 2 aromatic heterocycles. The van der Waals surface area contributed by atoms with Crippen molar-refractivity contribution in [2.24, 2.45) is 0 Å². The van der Waals surface area contributed by atoms with Crippen molar-refractivity contribution in [3.8, 4) is 21.3 Å². The van der Waals surface area contributed by atoms with E-state index in [-0.39, 0.29) is 44.5 Å². The predicted molar refractivity (Wildman–Crippen MR) is 127 cm³/mol. The zero-order valence-electron chi connectivity index (χ0n) is 21.1. The van der Waals surface area contributed by atoms with Crippen LogP contribution in [0.5, 0.6) is 0 Å². The number of nitrogens with zero attached hydrogens (tertiary/aromatic N) is 4. The maximum absolute atomic E-state index is 13.5. The Hall–Kier alpha value is -3.04. The molecular weight excluding hydrogens is 554 g/mol. The number of likely N-dealkylation sites (tertiary alicyclic amines) is 1. The minimum atomic E-state index is -6.04. The average Bonchev–Trinajstić information content (AvgIpc) is 3.55. The van der Waals surface area contributed by atoms with Crippen LogP contribution in [0.25, 0.3) is 21.3 Å². The molecule has 0 spiro atoms. The largest absolute Gasteiger partial charge is 0.430 e. The molecule has 1 aliphatic rings. The molecule has 4 rings (SSSR count). The molecule has 0 aliphatic carbocycles. The standard InChI is InChI=1S/C24H24F6N4O4S/c1-11-10-13(22(37,23(25,26)27)24(28,29)30)7-8-14(11)16-15(19(35)34-9-5-6-12(34)2)31-18(39-16)17-32-33-20(38-17)21(3,4)36/h7-8,10,12,36-37H,5-6,9H2,1-4H3. The van der Waals surface area contributed by atoms with Crippen LogP contribution in [0.4, 0.5) is 26.3 Å². The van der Waals surface area contributed by atoms with Crippen LogP contribution in [0.1, 0.15) is 61.1 Å². The van der Waals surface area contributed by atoms with Gasteiger partial charge in [-0.1, -0.05) is 18.2 Å². The molecule has 0 bridgehead atoms. The molecule has 1 aromatic carbocycles. The van der Waals surface area contributed by atoms with Crippen molar-refractivity contribution < 1.29 is 45.8 Å². The summed E-state index contributed by atoms with van der Waals surface area (Å²) >= 11 is 0.873. The second-order valence-corrected chi connectivity index (χ2v) is 10.9. The highest BCUT2D eigenvalue weighted by molar-refractivity contribution is 7.18. The Morgan fingerprint density at radius 2 is 1.74 bits per heavy atom. The van der Waals surface area contributed by atoms with Crippen molar-refractivity contribution in [3.05, 3.63) is 40.9 Å². The topological polar surface area (TPSA) is 113 Å². The van der Waals surface area contributed by atoms with E-state index in [0.717, 1.165) is 30.2 Å². The molecule has 1 saturated heterocycles. The first kappa shape index (κ1) is 29.0. The van der Waals surface area contributed by atoms with Gasteiger partial charge in [0.25, 0.3) is 17.4 Å². The Labute approximate surface area is 222 Å². The highest BCUT2D eigenvalue weighted by atomic mass is 32.1. The summed E-state index contributed by atoms with van der Waals surface area (Å²) in [5.41, 5.74) is -8.02. The summed E-state index contributed by atoms with van der Waals surface area (Å²) in [7, 11) is 0. The van der Waals surface area contributed by atoms with E-state index in [9.17, 15) is 41.4 Å². The van der Waals surface area contributed by atoms with E-state index < -0.39 is 35.0 Å². The van der Waals surface area contributed by atoms with E-state index in [0.29, 0.717) is 18.7 Å². The Kier molecular flexibility index (Phi) is 7.09. The van der Waals surface area contributed by atoms with E-state index in [1.54, 1.807) is 4.90 Å². The third kappa shape index (κ3) is 5.02.